The molecule has 54 heavy (non-hydrogen) atoms. The van der Waals surface area contributed by atoms with E-state index in [0.717, 1.165) is 71.5 Å². The summed E-state index contributed by atoms with van der Waals surface area (Å²) in [6.45, 7) is 0. The molecule has 0 bridgehead atoms. The van der Waals surface area contributed by atoms with Gasteiger partial charge in [0.05, 0.1) is 17.0 Å². The number of rotatable bonds is 5. The monoisotopic (exact) mass is 871 g/mol. The first-order valence-electron chi connectivity index (χ1n) is 17.7. The van der Waals surface area contributed by atoms with Crippen LogP contribution in [0.4, 0.5) is 0 Å². The van der Waals surface area contributed by atoms with Crippen molar-refractivity contribution in [3.63, 3.8) is 0 Å². The van der Waals surface area contributed by atoms with Crippen molar-refractivity contribution in [1.82, 2.24) is 18.8 Å². The Hall–Kier alpha value is -6.55. The molecule has 7 aromatic carbocycles. The van der Waals surface area contributed by atoms with E-state index in [1.165, 1.54) is 16.7 Å². The Labute approximate surface area is 325 Å². The summed E-state index contributed by atoms with van der Waals surface area (Å²) in [6, 6.07) is 60.0. The van der Waals surface area contributed by atoms with Crippen LogP contribution in [0.2, 0.25) is 0 Å². The second kappa shape index (κ2) is 12.8. The average molecular weight is 872 g/mol. The number of pyridine rings is 2. The van der Waals surface area contributed by atoms with Gasteiger partial charge in [0.25, 0.3) is 0 Å². The maximum absolute atomic E-state index is 6.57. The number of ether oxygens (including phenoxy) is 1. The average Bonchev–Trinajstić information content (AvgIpc) is 3.91. The van der Waals surface area contributed by atoms with E-state index < -0.39 is 0 Å². The van der Waals surface area contributed by atoms with Gasteiger partial charge in [0, 0.05) is 41.1 Å². The van der Waals surface area contributed by atoms with Gasteiger partial charge < -0.3 is 13.5 Å². The van der Waals surface area contributed by atoms with Gasteiger partial charge in [-0.15, -0.1) is 12.1 Å². The number of imidazole rings is 2. The van der Waals surface area contributed by atoms with Crippen molar-refractivity contribution in [2.45, 2.75) is 0 Å². The molecule has 5 nitrogen and oxygen atoms in total. The first-order chi connectivity index (χ1) is 26.3. The van der Waals surface area contributed by atoms with Crippen LogP contribution in [-0.4, -0.2) is 18.8 Å². The number of aromatic nitrogens is 4. The molecule has 0 fully saturated rings. The fourth-order valence-corrected chi connectivity index (χ4v) is 7.87. The molecule has 0 saturated carbocycles. The molecular formula is C48H28N4OPt. The third-order valence-corrected chi connectivity index (χ3v) is 10.3. The second-order valence-corrected chi connectivity index (χ2v) is 13.3. The number of hydrogen-bond acceptors (Lipinski definition) is 3. The quantitative estimate of drug-likeness (QED) is 0.128. The molecule has 0 radical (unpaired) electrons. The molecule has 4 heterocycles. The standard InChI is InChI=1S/C48H28N4O.Pt/c1-4-12-31(13-5-1)39-28-41-37-23-21-34(26-42(37)47-49-24-25-51(47)45(41)29-40(39)32-14-6-2-7-15-32)53-35-20-22-36-38-18-10-11-19-44(38)52-46(33-16-8-3-9-17-33)30-50-48(52)43(36)27-35;/h1-25,28-30H;/q-2;+2. The van der Waals surface area contributed by atoms with E-state index in [1.807, 2.05) is 36.8 Å². The van der Waals surface area contributed by atoms with Gasteiger partial charge in [-0.05, 0) is 50.7 Å². The Morgan fingerprint density at radius 3 is 1.74 bits per heavy atom. The van der Waals surface area contributed by atoms with E-state index in [4.69, 9.17) is 14.7 Å². The summed E-state index contributed by atoms with van der Waals surface area (Å²) < 4.78 is 11.0. The fraction of sp³-hybridized carbons (Fsp3) is 0. The molecule has 0 amide bonds. The summed E-state index contributed by atoms with van der Waals surface area (Å²) in [6.07, 6.45) is 5.82. The molecule has 11 aromatic rings. The molecule has 0 aliphatic carbocycles. The molecule has 0 aliphatic heterocycles. The Balaban J connectivity index is 0.00000361. The van der Waals surface area contributed by atoms with Crippen molar-refractivity contribution in [3.8, 4) is 45.0 Å². The van der Waals surface area contributed by atoms with E-state index in [9.17, 15) is 0 Å². The van der Waals surface area contributed by atoms with Crippen LogP contribution in [-0.2, 0) is 21.1 Å². The van der Waals surface area contributed by atoms with Gasteiger partial charge in [0.1, 0.15) is 0 Å². The van der Waals surface area contributed by atoms with Crippen LogP contribution in [0.15, 0.2) is 170 Å². The van der Waals surface area contributed by atoms with Gasteiger partial charge in [-0.2, -0.15) is 0 Å². The van der Waals surface area contributed by atoms with E-state index in [-0.39, 0.29) is 21.1 Å². The summed E-state index contributed by atoms with van der Waals surface area (Å²) >= 11 is 0. The van der Waals surface area contributed by atoms with Crippen molar-refractivity contribution in [3.05, 3.63) is 182 Å². The largest absolute Gasteiger partial charge is 2.00 e. The van der Waals surface area contributed by atoms with Crippen molar-refractivity contribution < 1.29 is 25.8 Å². The maximum atomic E-state index is 6.57. The molecule has 0 aliphatic rings. The third-order valence-electron chi connectivity index (χ3n) is 10.3. The summed E-state index contributed by atoms with van der Waals surface area (Å²) in [5.41, 5.74) is 10.6. The van der Waals surface area contributed by atoms with E-state index in [2.05, 4.69) is 154 Å². The van der Waals surface area contributed by atoms with Crippen molar-refractivity contribution in [2.75, 3.05) is 0 Å². The maximum Gasteiger partial charge on any atom is 2.00 e. The number of para-hydroxylation sites is 1. The third kappa shape index (κ3) is 5.04. The zero-order chi connectivity index (χ0) is 34.9. The second-order valence-electron chi connectivity index (χ2n) is 13.3. The van der Waals surface area contributed by atoms with E-state index in [0.29, 0.717) is 11.5 Å². The minimum Gasteiger partial charge on any atom is -0.497 e. The minimum atomic E-state index is 0. The first-order valence-corrected chi connectivity index (χ1v) is 17.7. The summed E-state index contributed by atoms with van der Waals surface area (Å²) in [5.74, 6) is 1.18. The number of benzene rings is 7. The van der Waals surface area contributed by atoms with Crippen LogP contribution < -0.4 is 4.74 Å². The molecule has 256 valence electrons. The number of hydrogen-bond donors (Lipinski definition) is 0. The molecule has 11 rings (SSSR count). The van der Waals surface area contributed by atoms with Gasteiger partial charge in [-0.3, -0.25) is 9.97 Å². The van der Waals surface area contributed by atoms with Crippen LogP contribution in [0.5, 0.6) is 11.5 Å². The van der Waals surface area contributed by atoms with Crippen molar-refractivity contribution in [2.24, 2.45) is 0 Å². The van der Waals surface area contributed by atoms with Gasteiger partial charge >= 0.3 is 21.1 Å². The zero-order valence-corrected chi connectivity index (χ0v) is 31.0. The SMILES string of the molecule is [Pt+2].[c-]1c(Oc2[c-]c3c(cc2)c2ccccc2n2c(-c4ccccc4)cnc32)ccc2c1c1nccn1c1cc(-c3ccccc3)c(-c3ccccc3)cc21. The fourth-order valence-electron chi connectivity index (χ4n) is 7.87. The van der Waals surface area contributed by atoms with Crippen LogP contribution in [0.3, 0.4) is 0 Å². The molecule has 0 atom stereocenters. The van der Waals surface area contributed by atoms with Crippen LogP contribution in [0, 0.1) is 12.1 Å². The Morgan fingerprint density at radius 1 is 0.481 bits per heavy atom. The Morgan fingerprint density at radius 2 is 1.06 bits per heavy atom. The van der Waals surface area contributed by atoms with Gasteiger partial charge in [-0.1, -0.05) is 161 Å². The zero-order valence-electron chi connectivity index (χ0n) is 28.7. The summed E-state index contributed by atoms with van der Waals surface area (Å²) in [5, 5.41) is 6.16. The summed E-state index contributed by atoms with van der Waals surface area (Å²) in [4.78, 5) is 9.75. The molecule has 0 unspecified atom stereocenters. The minimum absolute atomic E-state index is 0. The number of fused-ring (bicyclic) bond motifs is 12. The predicted octanol–water partition coefficient (Wildman–Crippen LogP) is 12.0. The molecule has 0 saturated heterocycles. The van der Waals surface area contributed by atoms with Crippen LogP contribution in [0.1, 0.15) is 0 Å². The predicted molar refractivity (Wildman–Crippen MR) is 214 cm³/mol. The molecule has 4 aromatic heterocycles. The van der Waals surface area contributed by atoms with Crippen LogP contribution >= 0.6 is 0 Å². The van der Waals surface area contributed by atoms with Gasteiger partial charge in [0.15, 0.2) is 0 Å². The van der Waals surface area contributed by atoms with Crippen LogP contribution in [0.25, 0.3) is 88.2 Å². The van der Waals surface area contributed by atoms with Gasteiger partial charge in [-0.25, -0.2) is 0 Å². The van der Waals surface area contributed by atoms with E-state index >= 15 is 0 Å². The van der Waals surface area contributed by atoms with Crippen molar-refractivity contribution >= 4 is 54.6 Å². The Kier molecular flexibility index (Phi) is 7.64. The molecule has 0 spiro atoms. The molecular weight excluding hydrogens is 844 g/mol. The number of nitrogens with zero attached hydrogens (tertiary/aromatic N) is 4. The molecule has 6 heteroatoms. The Bertz CT molecular complexity index is 3190. The topological polar surface area (TPSA) is 43.8 Å². The first kappa shape index (κ1) is 32.1. The normalized spacial score (nSPS) is 11.6. The van der Waals surface area contributed by atoms with E-state index in [1.54, 1.807) is 0 Å². The van der Waals surface area contributed by atoms with Crippen molar-refractivity contribution in [1.29, 1.82) is 0 Å². The smallest absolute Gasteiger partial charge is 0.497 e. The van der Waals surface area contributed by atoms with Gasteiger partial charge in [0.2, 0.25) is 0 Å². The summed E-state index contributed by atoms with van der Waals surface area (Å²) in [7, 11) is 0. The molecule has 0 N–H and O–H groups in total.